The van der Waals surface area contributed by atoms with E-state index in [-0.39, 0.29) is 20.7 Å². The molecule has 0 aliphatic rings. The van der Waals surface area contributed by atoms with Crippen LogP contribution in [0.5, 0.6) is 0 Å². The number of aryl methyl sites for hydroxylation is 1. The van der Waals surface area contributed by atoms with Gasteiger partial charge in [-0.1, -0.05) is 12.2 Å². The van der Waals surface area contributed by atoms with Gasteiger partial charge in [0.1, 0.15) is 15.6 Å². The molecular formula is C10H10N4O2S3. The molecular weight excluding hydrogens is 304 g/mol. The molecule has 2 aromatic rings. The summed E-state index contributed by atoms with van der Waals surface area (Å²) in [5.41, 5.74) is 6.28. The highest BCUT2D eigenvalue weighted by atomic mass is 32.2. The van der Waals surface area contributed by atoms with E-state index < -0.39 is 10.0 Å². The first-order valence-corrected chi connectivity index (χ1v) is 7.87. The number of anilines is 1. The molecule has 0 saturated carbocycles. The fourth-order valence-electron chi connectivity index (χ4n) is 1.36. The molecule has 19 heavy (non-hydrogen) atoms. The third-order valence-electron chi connectivity index (χ3n) is 2.13. The number of thiazole rings is 1. The smallest absolute Gasteiger partial charge is 0.265 e. The first kappa shape index (κ1) is 13.8. The lowest BCUT2D eigenvalue weighted by atomic mass is 10.3. The fraction of sp³-hybridized carbons (Fsp3) is 0.100. The number of sulfonamides is 1. The van der Waals surface area contributed by atoms with Gasteiger partial charge in [-0.3, -0.25) is 9.71 Å². The number of aromatic nitrogens is 2. The molecule has 0 fully saturated rings. The molecule has 0 unspecified atom stereocenters. The van der Waals surface area contributed by atoms with Crippen molar-refractivity contribution < 1.29 is 8.42 Å². The van der Waals surface area contributed by atoms with E-state index in [1.165, 1.54) is 29.7 Å². The Morgan fingerprint density at radius 1 is 1.53 bits per heavy atom. The molecule has 0 atom stereocenters. The van der Waals surface area contributed by atoms with Crippen LogP contribution in [0.4, 0.5) is 5.13 Å². The van der Waals surface area contributed by atoms with E-state index in [9.17, 15) is 8.42 Å². The topological polar surface area (TPSA) is 98.0 Å². The molecule has 2 heterocycles. The van der Waals surface area contributed by atoms with Crippen LogP contribution in [-0.2, 0) is 10.0 Å². The highest BCUT2D eigenvalue weighted by Crippen LogP contribution is 2.21. The van der Waals surface area contributed by atoms with Crippen molar-refractivity contribution in [3.63, 3.8) is 0 Å². The van der Waals surface area contributed by atoms with Gasteiger partial charge < -0.3 is 5.73 Å². The number of rotatable bonds is 4. The summed E-state index contributed by atoms with van der Waals surface area (Å²) in [5.74, 6) is 0. The maximum atomic E-state index is 12.2. The summed E-state index contributed by atoms with van der Waals surface area (Å²) in [6, 6.07) is 2.90. The van der Waals surface area contributed by atoms with Crippen LogP contribution < -0.4 is 10.5 Å². The normalized spacial score (nSPS) is 11.2. The van der Waals surface area contributed by atoms with E-state index >= 15 is 0 Å². The summed E-state index contributed by atoms with van der Waals surface area (Å²) in [6.07, 6.45) is 1.43. The Labute approximate surface area is 119 Å². The first-order valence-electron chi connectivity index (χ1n) is 5.10. The van der Waals surface area contributed by atoms with E-state index in [0.29, 0.717) is 0 Å². The second-order valence-corrected chi connectivity index (χ2v) is 6.56. The van der Waals surface area contributed by atoms with Gasteiger partial charge in [-0.2, -0.15) is 0 Å². The quantitative estimate of drug-likeness (QED) is 0.825. The summed E-state index contributed by atoms with van der Waals surface area (Å²) < 4.78 is 26.8. The van der Waals surface area contributed by atoms with Crippen molar-refractivity contribution in [2.24, 2.45) is 5.73 Å². The fourth-order valence-corrected chi connectivity index (χ4v) is 3.70. The second kappa shape index (κ2) is 5.19. The Morgan fingerprint density at radius 3 is 2.84 bits per heavy atom. The number of hydrogen-bond acceptors (Lipinski definition) is 6. The summed E-state index contributed by atoms with van der Waals surface area (Å²) in [7, 11) is -3.81. The molecule has 0 radical (unpaired) electrons. The van der Waals surface area contributed by atoms with E-state index in [4.69, 9.17) is 18.0 Å². The molecule has 0 amide bonds. The third-order valence-corrected chi connectivity index (χ3v) is 4.70. The summed E-state index contributed by atoms with van der Waals surface area (Å²) in [4.78, 5) is 7.80. The van der Waals surface area contributed by atoms with Crippen LogP contribution in [0.15, 0.2) is 28.6 Å². The van der Waals surface area contributed by atoms with Crippen LogP contribution in [-0.4, -0.2) is 23.4 Å². The van der Waals surface area contributed by atoms with Crippen molar-refractivity contribution in [3.8, 4) is 0 Å². The molecule has 0 spiro atoms. The third kappa shape index (κ3) is 3.06. The maximum absolute atomic E-state index is 12.2. The van der Waals surface area contributed by atoms with Gasteiger partial charge in [0.25, 0.3) is 10.0 Å². The van der Waals surface area contributed by atoms with Gasteiger partial charge in [0.2, 0.25) is 0 Å². The van der Waals surface area contributed by atoms with Crippen molar-refractivity contribution >= 4 is 43.7 Å². The van der Waals surface area contributed by atoms with Gasteiger partial charge in [-0.15, -0.1) is 11.3 Å². The molecule has 0 bridgehead atoms. The number of thiocarbonyl (C=S) groups is 1. The molecule has 0 aliphatic heterocycles. The van der Waals surface area contributed by atoms with Gasteiger partial charge in [-0.05, 0) is 19.1 Å². The van der Waals surface area contributed by atoms with Crippen LogP contribution in [0.3, 0.4) is 0 Å². The van der Waals surface area contributed by atoms with Crippen molar-refractivity contribution in [2.45, 2.75) is 11.8 Å². The predicted octanol–water partition coefficient (Wildman–Crippen LogP) is 1.28. The minimum absolute atomic E-state index is 0.0599. The summed E-state index contributed by atoms with van der Waals surface area (Å²) in [5, 5.41) is 2.03. The van der Waals surface area contributed by atoms with Crippen molar-refractivity contribution in [1.82, 2.24) is 9.97 Å². The molecule has 0 aromatic carbocycles. The van der Waals surface area contributed by atoms with Gasteiger partial charge in [0.15, 0.2) is 5.13 Å². The molecule has 0 aliphatic carbocycles. The van der Waals surface area contributed by atoms with Crippen molar-refractivity contribution in [2.75, 3.05) is 4.72 Å². The van der Waals surface area contributed by atoms with Crippen LogP contribution >= 0.6 is 23.6 Å². The summed E-state index contributed by atoms with van der Waals surface area (Å²) >= 11 is 6.00. The Balaban J connectivity index is 2.43. The van der Waals surface area contributed by atoms with E-state index in [1.807, 2.05) is 0 Å². The molecule has 2 rings (SSSR count). The standard InChI is InChI=1S/C10H10N4O2S3/c1-6-5-18-10(13-6)14-19(15,16)7-3-2-4-12-8(7)9(11)17/h2-5H,1H3,(H2,11,17)(H,13,14). The van der Waals surface area contributed by atoms with E-state index in [1.54, 1.807) is 12.3 Å². The number of nitrogens with zero attached hydrogens (tertiary/aromatic N) is 2. The lowest BCUT2D eigenvalue weighted by Gasteiger charge is -2.08. The Morgan fingerprint density at radius 2 is 2.26 bits per heavy atom. The van der Waals surface area contributed by atoms with Gasteiger partial charge in [0, 0.05) is 11.6 Å². The number of nitrogens with one attached hydrogen (secondary N) is 1. The van der Waals surface area contributed by atoms with E-state index in [2.05, 4.69) is 14.7 Å². The monoisotopic (exact) mass is 314 g/mol. The van der Waals surface area contributed by atoms with Gasteiger partial charge >= 0.3 is 0 Å². The zero-order chi connectivity index (χ0) is 14.0. The van der Waals surface area contributed by atoms with Crippen LogP contribution in [0, 0.1) is 6.92 Å². The minimum Gasteiger partial charge on any atom is -0.388 e. The predicted molar refractivity (Wildman–Crippen MR) is 77.8 cm³/mol. The SMILES string of the molecule is Cc1csc(NS(=O)(=O)c2cccnc2C(N)=S)n1. The molecule has 6 nitrogen and oxygen atoms in total. The molecule has 9 heteroatoms. The van der Waals surface area contributed by atoms with Crippen LogP contribution in [0.25, 0.3) is 0 Å². The largest absolute Gasteiger partial charge is 0.388 e. The second-order valence-electron chi connectivity index (χ2n) is 3.61. The highest BCUT2D eigenvalue weighted by molar-refractivity contribution is 7.93. The van der Waals surface area contributed by atoms with Crippen LogP contribution in [0.1, 0.15) is 11.4 Å². The Kier molecular flexibility index (Phi) is 3.78. The maximum Gasteiger partial charge on any atom is 0.265 e. The summed E-state index contributed by atoms with van der Waals surface area (Å²) in [6.45, 7) is 1.78. The Hall–Kier alpha value is -1.58. The van der Waals surface area contributed by atoms with Crippen molar-refractivity contribution in [3.05, 3.63) is 35.1 Å². The van der Waals surface area contributed by atoms with Gasteiger partial charge in [-0.25, -0.2) is 13.4 Å². The minimum atomic E-state index is -3.81. The zero-order valence-electron chi connectivity index (χ0n) is 9.82. The number of pyridine rings is 1. The molecule has 100 valence electrons. The lowest BCUT2D eigenvalue weighted by Crippen LogP contribution is -2.21. The van der Waals surface area contributed by atoms with Crippen molar-refractivity contribution in [1.29, 1.82) is 0 Å². The van der Waals surface area contributed by atoms with Gasteiger partial charge in [0.05, 0.1) is 5.69 Å². The molecule has 0 saturated heterocycles. The first-order chi connectivity index (χ1) is 8.90. The molecule has 3 N–H and O–H groups in total. The lowest BCUT2D eigenvalue weighted by molar-refractivity contribution is 0.600. The number of hydrogen-bond donors (Lipinski definition) is 2. The number of nitrogens with two attached hydrogens (primary N) is 1. The van der Waals surface area contributed by atoms with Crippen LogP contribution in [0.2, 0.25) is 0 Å². The Bertz CT molecular complexity index is 724. The average molecular weight is 314 g/mol. The van der Waals surface area contributed by atoms with E-state index in [0.717, 1.165) is 5.69 Å². The highest BCUT2D eigenvalue weighted by Gasteiger charge is 2.21. The zero-order valence-corrected chi connectivity index (χ0v) is 12.3. The average Bonchev–Trinajstić information content (AvgIpc) is 2.74. The molecule has 2 aromatic heterocycles.